The minimum atomic E-state index is -0.480. The summed E-state index contributed by atoms with van der Waals surface area (Å²) < 4.78 is 14.9. The van der Waals surface area contributed by atoms with Crippen LogP contribution in [0.3, 0.4) is 0 Å². The van der Waals surface area contributed by atoms with Gasteiger partial charge in [0.2, 0.25) is 0 Å². The van der Waals surface area contributed by atoms with Gasteiger partial charge in [0, 0.05) is 12.8 Å². The Kier molecular flexibility index (Phi) is 6.78. The summed E-state index contributed by atoms with van der Waals surface area (Å²) in [5, 5.41) is 2.60. The molecule has 0 fully saturated rings. The van der Waals surface area contributed by atoms with Gasteiger partial charge in [-0.15, -0.1) is 0 Å². The van der Waals surface area contributed by atoms with E-state index in [4.69, 9.17) is 14.2 Å². The third-order valence-electron chi connectivity index (χ3n) is 1.91. The van der Waals surface area contributed by atoms with Gasteiger partial charge in [0.25, 0.3) is 0 Å². The predicted octanol–water partition coefficient (Wildman–Crippen LogP) is 1.90. The van der Waals surface area contributed by atoms with E-state index in [1.807, 2.05) is 18.2 Å². The number of hydrogen-bond donors (Lipinski definition) is 1. The highest BCUT2D eigenvalue weighted by Gasteiger charge is 2.01. The van der Waals surface area contributed by atoms with Gasteiger partial charge in [-0.3, -0.25) is 5.32 Å². The molecule has 94 valence electrons. The second kappa shape index (κ2) is 8.55. The van der Waals surface area contributed by atoms with Crippen LogP contribution >= 0.6 is 0 Å². The average molecular weight is 239 g/mol. The first-order valence-electron chi connectivity index (χ1n) is 5.38. The fraction of sp³-hybridized carbons (Fsp3) is 0.417. The van der Waals surface area contributed by atoms with E-state index in [0.717, 1.165) is 0 Å². The van der Waals surface area contributed by atoms with Gasteiger partial charge in [-0.1, -0.05) is 18.2 Å². The molecule has 0 radical (unpaired) electrons. The first-order valence-corrected chi connectivity index (χ1v) is 5.38. The molecule has 1 amide bonds. The standard InChI is InChI=1S/C12H17NO4/c1-15-7-8-16-9-10-17-12(14)13-11-5-3-2-4-6-11/h2-6H,7-10H2,1H3,(H,13,14). The third-order valence-corrected chi connectivity index (χ3v) is 1.91. The molecular weight excluding hydrogens is 222 g/mol. The maximum absolute atomic E-state index is 11.3. The summed E-state index contributed by atoms with van der Waals surface area (Å²) in [5.41, 5.74) is 0.706. The molecule has 1 aromatic carbocycles. The quantitative estimate of drug-likeness (QED) is 0.738. The number of nitrogens with one attached hydrogen (secondary N) is 1. The van der Waals surface area contributed by atoms with E-state index in [1.54, 1.807) is 19.2 Å². The van der Waals surface area contributed by atoms with Crippen LogP contribution in [0.2, 0.25) is 0 Å². The zero-order valence-electron chi connectivity index (χ0n) is 9.85. The predicted molar refractivity (Wildman–Crippen MR) is 64.1 cm³/mol. The summed E-state index contributed by atoms with van der Waals surface area (Å²) in [5.74, 6) is 0. The number of para-hydroxylation sites is 1. The molecule has 0 heterocycles. The summed E-state index contributed by atoms with van der Waals surface area (Å²) in [6, 6.07) is 9.12. The maximum Gasteiger partial charge on any atom is 0.411 e. The Balaban J connectivity index is 2.06. The van der Waals surface area contributed by atoms with Gasteiger partial charge in [-0.25, -0.2) is 4.79 Å². The lowest BCUT2D eigenvalue weighted by Crippen LogP contribution is -2.17. The molecule has 0 aromatic heterocycles. The Morgan fingerprint density at radius 3 is 2.53 bits per heavy atom. The van der Waals surface area contributed by atoms with E-state index in [9.17, 15) is 4.79 Å². The summed E-state index contributed by atoms with van der Waals surface area (Å²) in [7, 11) is 1.60. The molecule has 1 rings (SSSR count). The van der Waals surface area contributed by atoms with Crippen molar-refractivity contribution in [1.82, 2.24) is 0 Å². The van der Waals surface area contributed by atoms with Gasteiger partial charge in [-0.05, 0) is 12.1 Å². The van der Waals surface area contributed by atoms with Crippen LogP contribution in [0.5, 0.6) is 0 Å². The number of rotatable bonds is 7. The van der Waals surface area contributed by atoms with Crippen LogP contribution in [0, 0.1) is 0 Å². The van der Waals surface area contributed by atoms with Gasteiger partial charge in [0.05, 0.1) is 19.8 Å². The average Bonchev–Trinajstić information content (AvgIpc) is 2.35. The van der Waals surface area contributed by atoms with Crippen molar-refractivity contribution in [2.75, 3.05) is 38.9 Å². The molecule has 1 aromatic rings. The molecule has 0 saturated carbocycles. The molecule has 5 nitrogen and oxygen atoms in total. The van der Waals surface area contributed by atoms with Crippen LogP contribution in [-0.4, -0.2) is 39.6 Å². The Morgan fingerprint density at radius 2 is 1.82 bits per heavy atom. The summed E-state index contributed by atoms with van der Waals surface area (Å²) in [6.45, 7) is 1.63. The molecule has 0 aliphatic heterocycles. The summed E-state index contributed by atoms with van der Waals surface area (Å²) in [6.07, 6.45) is -0.480. The smallest absolute Gasteiger partial charge is 0.411 e. The van der Waals surface area contributed by atoms with E-state index in [0.29, 0.717) is 25.5 Å². The molecule has 0 aliphatic carbocycles. The highest BCUT2D eigenvalue weighted by Crippen LogP contribution is 2.04. The number of amides is 1. The Labute approximate surface area is 101 Å². The number of carbonyl (C=O) groups excluding carboxylic acids is 1. The molecule has 0 unspecified atom stereocenters. The van der Waals surface area contributed by atoms with Crippen molar-refractivity contribution in [1.29, 1.82) is 0 Å². The minimum Gasteiger partial charge on any atom is -0.447 e. The molecular formula is C12H17NO4. The van der Waals surface area contributed by atoms with Crippen molar-refractivity contribution in [2.24, 2.45) is 0 Å². The maximum atomic E-state index is 11.3. The van der Waals surface area contributed by atoms with Crippen LogP contribution < -0.4 is 5.32 Å². The second-order valence-electron chi connectivity index (χ2n) is 3.23. The second-order valence-corrected chi connectivity index (χ2v) is 3.23. The van der Waals surface area contributed by atoms with E-state index in [2.05, 4.69) is 5.32 Å². The van der Waals surface area contributed by atoms with E-state index >= 15 is 0 Å². The molecule has 0 aliphatic rings. The van der Waals surface area contributed by atoms with Crippen molar-refractivity contribution in [2.45, 2.75) is 0 Å². The highest BCUT2D eigenvalue weighted by atomic mass is 16.6. The summed E-state index contributed by atoms with van der Waals surface area (Å²) >= 11 is 0. The molecule has 5 heteroatoms. The number of hydrogen-bond acceptors (Lipinski definition) is 4. The molecule has 1 N–H and O–H groups in total. The Morgan fingerprint density at radius 1 is 1.12 bits per heavy atom. The first kappa shape index (κ1) is 13.5. The van der Waals surface area contributed by atoms with Gasteiger partial charge in [0.1, 0.15) is 6.61 Å². The number of methoxy groups -OCH3 is 1. The van der Waals surface area contributed by atoms with Crippen molar-refractivity contribution in [3.8, 4) is 0 Å². The lowest BCUT2D eigenvalue weighted by Gasteiger charge is -2.07. The zero-order chi connectivity index (χ0) is 12.3. The van der Waals surface area contributed by atoms with E-state index in [-0.39, 0.29) is 6.61 Å². The van der Waals surface area contributed by atoms with Gasteiger partial charge in [0.15, 0.2) is 0 Å². The van der Waals surface area contributed by atoms with Crippen molar-refractivity contribution in [3.05, 3.63) is 30.3 Å². The molecule has 0 saturated heterocycles. The lowest BCUT2D eigenvalue weighted by atomic mass is 10.3. The van der Waals surface area contributed by atoms with Crippen molar-refractivity contribution >= 4 is 11.8 Å². The van der Waals surface area contributed by atoms with Crippen LogP contribution in [0.1, 0.15) is 0 Å². The fourth-order valence-electron chi connectivity index (χ4n) is 1.11. The Bertz CT molecular complexity index is 316. The normalized spacial score (nSPS) is 9.94. The van der Waals surface area contributed by atoms with E-state index in [1.165, 1.54) is 0 Å². The summed E-state index contributed by atoms with van der Waals surface area (Å²) in [4.78, 5) is 11.3. The minimum absolute atomic E-state index is 0.225. The van der Waals surface area contributed by atoms with Gasteiger partial charge < -0.3 is 14.2 Å². The molecule has 0 spiro atoms. The largest absolute Gasteiger partial charge is 0.447 e. The number of carbonyl (C=O) groups is 1. The lowest BCUT2D eigenvalue weighted by molar-refractivity contribution is 0.0447. The van der Waals surface area contributed by atoms with Gasteiger partial charge in [-0.2, -0.15) is 0 Å². The zero-order valence-corrected chi connectivity index (χ0v) is 9.85. The Hall–Kier alpha value is -1.59. The number of anilines is 1. The van der Waals surface area contributed by atoms with Crippen LogP contribution in [0.4, 0.5) is 10.5 Å². The highest BCUT2D eigenvalue weighted by molar-refractivity contribution is 5.84. The van der Waals surface area contributed by atoms with Gasteiger partial charge >= 0.3 is 6.09 Å². The van der Waals surface area contributed by atoms with Crippen LogP contribution in [-0.2, 0) is 14.2 Å². The van der Waals surface area contributed by atoms with Crippen LogP contribution in [0.15, 0.2) is 30.3 Å². The van der Waals surface area contributed by atoms with Crippen LogP contribution in [0.25, 0.3) is 0 Å². The topological polar surface area (TPSA) is 56.8 Å². The number of benzene rings is 1. The first-order chi connectivity index (χ1) is 8.33. The number of ether oxygens (including phenoxy) is 3. The molecule has 0 bridgehead atoms. The molecule has 17 heavy (non-hydrogen) atoms. The third kappa shape index (κ3) is 6.55. The van der Waals surface area contributed by atoms with Crippen molar-refractivity contribution < 1.29 is 19.0 Å². The van der Waals surface area contributed by atoms with E-state index < -0.39 is 6.09 Å². The molecule has 0 atom stereocenters. The fourth-order valence-corrected chi connectivity index (χ4v) is 1.11. The van der Waals surface area contributed by atoms with Crippen molar-refractivity contribution in [3.63, 3.8) is 0 Å². The monoisotopic (exact) mass is 239 g/mol. The SMILES string of the molecule is COCCOCCOC(=O)Nc1ccccc1.